The minimum Gasteiger partial charge on any atom is -0.444 e. The maximum absolute atomic E-state index is 14.1. The number of benzene rings is 1. The van der Waals surface area contributed by atoms with Crippen molar-refractivity contribution in [1.29, 1.82) is 0 Å². The lowest BCUT2D eigenvalue weighted by molar-refractivity contribution is 0.0194. The average molecular weight is 352 g/mol. The van der Waals surface area contributed by atoms with Gasteiger partial charge in [0.15, 0.2) is 0 Å². The van der Waals surface area contributed by atoms with E-state index in [9.17, 15) is 9.18 Å². The molecule has 1 aromatic carbocycles. The largest absolute Gasteiger partial charge is 0.444 e. The molecule has 3 rings (SSSR count). The molecule has 2 heterocycles. The highest BCUT2D eigenvalue weighted by Crippen LogP contribution is 2.27. The third kappa shape index (κ3) is 3.53. The third-order valence-corrected chi connectivity index (χ3v) is 3.89. The van der Waals surface area contributed by atoms with Crippen LogP contribution in [-0.2, 0) is 17.8 Å². The maximum Gasteiger partial charge on any atom is 0.410 e. The van der Waals surface area contributed by atoms with Crippen LogP contribution < -0.4 is 0 Å². The van der Waals surface area contributed by atoms with Gasteiger partial charge in [0.05, 0.1) is 24.5 Å². The Morgan fingerprint density at radius 1 is 1.29 bits per heavy atom. The predicted octanol–water partition coefficient (Wildman–Crippen LogP) is 4.09. The highest BCUT2D eigenvalue weighted by Gasteiger charge is 2.27. The normalized spacial score (nSPS) is 14.5. The Morgan fingerprint density at radius 3 is 2.71 bits per heavy atom. The van der Waals surface area contributed by atoms with Crippen molar-refractivity contribution < 1.29 is 13.9 Å². The Morgan fingerprint density at radius 2 is 2.04 bits per heavy atom. The second kappa shape index (κ2) is 6.09. The smallest absolute Gasteiger partial charge is 0.410 e. The zero-order valence-corrected chi connectivity index (χ0v) is 14.6. The molecule has 0 spiro atoms. The lowest BCUT2D eigenvalue weighted by Gasteiger charge is -2.30. The molecule has 0 unspecified atom stereocenters. The molecule has 0 bridgehead atoms. The van der Waals surface area contributed by atoms with Gasteiger partial charge in [-0.3, -0.25) is 4.68 Å². The van der Waals surface area contributed by atoms with Crippen molar-refractivity contribution in [1.82, 2.24) is 14.7 Å². The van der Waals surface area contributed by atoms with Crippen LogP contribution in [0, 0.1) is 5.82 Å². The first-order valence-electron chi connectivity index (χ1n) is 7.73. The van der Waals surface area contributed by atoms with Gasteiger partial charge in [-0.15, -0.1) is 0 Å². The summed E-state index contributed by atoms with van der Waals surface area (Å²) in [6.07, 6.45) is -0.353. The van der Waals surface area contributed by atoms with Gasteiger partial charge in [0.1, 0.15) is 11.4 Å². The van der Waals surface area contributed by atoms with Crippen molar-refractivity contribution in [2.24, 2.45) is 0 Å². The second-order valence-corrected chi connectivity index (χ2v) is 7.21. The third-order valence-electron chi connectivity index (χ3n) is 3.66. The van der Waals surface area contributed by atoms with Crippen molar-refractivity contribution in [2.45, 2.75) is 39.5 Å². The second-order valence-electron chi connectivity index (χ2n) is 6.77. The number of fused-ring (bicyclic) bond motifs is 1. The van der Waals surface area contributed by atoms with E-state index < -0.39 is 11.4 Å². The van der Waals surface area contributed by atoms with Crippen molar-refractivity contribution >= 4 is 17.7 Å². The van der Waals surface area contributed by atoms with Crippen LogP contribution in [0.4, 0.5) is 9.18 Å². The van der Waals surface area contributed by atoms with Gasteiger partial charge in [-0.2, -0.15) is 5.10 Å². The van der Waals surface area contributed by atoms with E-state index in [0.29, 0.717) is 35.9 Å². The molecule has 0 fully saturated rings. The van der Waals surface area contributed by atoms with Gasteiger partial charge in [0.2, 0.25) is 0 Å². The van der Waals surface area contributed by atoms with Crippen LogP contribution in [0.5, 0.6) is 0 Å². The lowest BCUT2D eigenvalue weighted by atomic mass is 10.1. The number of hydrogen-bond acceptors (Lipinski definition) is 3. The lowest BCUT2D eigenvalue weighted by Crippen LogP contribution is -2.41. The topological polar surface area (TPSA) is 47.4 Å². The fourth-order valence-electron chi connectivity index (χ4n) is 2.58. The molecular weight excluding hydrogens is 333 g/mol. The standard InChI is InChI=1S/C17H19ClFN3O2/c1-17(2,3)24-16(23)21-6-7-22-12(10-21)9-15(20-22)13-5-4-11(18)8-14(13)19/h4-5,8-9H,6-7,10H2,1-3H3. The van der Waals surface area contributed by atoms with Gasteiger partial charge in [-0.25, -0.2) is 9.18 Å². The van der Waals surface area contributed by atoms with Gasteiger partial charge < -0.3 is 9.64 Å². The maximum atomic E-state index is 14.1. The van der Waals surface area contributed by atoms with Crippen LogP contribution in [0.25, 0.3) is 11.3 Å². The number of nitrogens with zero attached hydrogens (tertiary/aromatic N) is 3. The molecule has 0 saturated heterocycles. The number of hydrogen-bond donors (Lipinski definition) is 0. The van der Waals surface area contributed by atoms with Crippen molar-refractivity contribution in [3.8, 4) is 11.3 Å². The first kappa shape index (κ1) is 16.8. The monoisotopic (exact) mass is 351 g/mol. The summed E-state index contributed by atoms with van der Waals surface area (Å²) in [5.41, 5.74) is 1.23. The van der Waals surface area contributed by atoms with E-state index in [1.54, 1.807) is 27.8 Å². The van der Waals surface area contributed by atoms with Gasteiger partial charge in [-0.1, -0.05) is 11.6 Å². The summed E-state index contributed by atoms with van der Waals surface area (Å²) in [5, 5.41) is 4.78. The van der Waals surface area contributed by atoms with Crippen LogP contribution in [0.1, 0.15) is 26.5 Å². The highest BCUT2D eigenvalue weighted by molar-refractivity contribution is 6.30. The van der Waals surface area contributed by atoms with Gasteiger partial charge in [0, 0.05) is 17.1 Å². The summed E-state index contributed by atoms with van der Waals surface area (Å²) in [6, 6.07) is 6.30. The zero-order chi connectivity index (χ0) is 17.5. The van der Waals surface area contributed by atoms with Crippen molar-refractivity contribution in [3.05, 3.63) is 40.8 Å². The summed E-state index contributed by atoms with van der Waals surface area (Å²) in [7, 11) is 0. The quantitative estimate of drug-likeness (QED) is 0.777. The number of amides is 1. The number of halogens is 2. The first-order chi connectivity index (χ1) is 11.2. The van der Waals surface area contributed by atoms with E-state index in [4.69, 9.17) is 16.3 Å². The average Bonchev–Trinajstić information content (AvgIpc) is 2.87. The van der Waals surface area contributed by atoms with E-state index in [1.165, 1.54) is 6.07 Å². The molecule has 1 aliphatic rings. The first-order valence-corrected chi connectivity index (χ1v) is 8.11. The molecule has 0 N–H and O–H groups in total. The van der Waals surface area contributed by atoms with E-state index in [2.05, 4.69) is 5.10 Å². The van der Waals surface area contributed by atoms with E-state index in [0.717, 1.165) is 5.69 Å². The fourth-order valence-corrected chi connectivity index (χ4v) is 2.74. The number of ether oxygens (including phenoxy) is 1. The molecule has 1 aliphatic heterocycles. The van der Waals surface area contributed by atoms with Gasteiger partial charge in [0.25, 0.3) is 0 Å². The Bertz CT molecular complexity index is 783. The van der Waals surface area contributed by atoms with Crippen LogP contribution in [0.2, 0.25) is 5.02 Å². The highest BCUT2D eigenvalue weighted by atomic mass is 35.5. The van der Waals surface area contributed by atoms with Crippen molar-refractivity contribution in [2.75, 3.05) is 6.54 Å². The molecule has 24 heavy (non-hydrogen) atoms. The summed E-state index contributed by atoms with van der Waals surface area (Å²) in [6.45, 7) is 6.94. The number of aromatic nitrogens is 2. The molecule has 2 aromatic rings. The van der Waals surface area contributed by atoms with Crippen molar-refractivity contribution in [3.63, 3.8) is 0 Å². The number of rotatable bonds is 1. The summed E-state index contributed by atoms with van der Waals surface area (Å²) >= 11 is 5.79. The van der Waals surface area contributed by atoms with Crippen LogP contribution >= 0.6 is 11.6 Å². The predicted molar refractivity (Wildman–Crippen MR) is 89.3 cm³/mol. The Balaban J connectivity index is 1.81. The molecule has 0 radical (unpaired) electrons. The van der Waals surface area contributed by atoms with E-state index in [-0.39, 0.29) is 6.09 Å². The Labute approximate surface area is 145 Å². The minimum atomic E-state index is -0.535. The molecule has 1 aromatic heterocycles. The minimum absolute atomic E-state index is 0.344. The molecule has 128 valence electrons. The Hall–Kier alpha value is -2.08. The SMILES string of the molecule is CC(C)(C)OC(=O)N1CCn2nc(-c3ccc(Cl)cc3F)cc2C1. The number of carbonyl (C=O) groups excluding carboxylic acids is 1. The fraction of sp³-hybridized carbons (Fsp3) is 0.412. The Kier molecular flexibility index (Phi) is 4.25. The van der Waals surface area contributed by atoms with Crippen LogP contribution in [0.3, 0.4) is 0 Å². The molecule has 5 nitrogen and oxygen atoms in total. The van der Waals surface area contributed by atoms with E-state index in [1.807, 2.05) is 20.8 Å². The molecule has 1 amide bonds. The number of carbonyl (C=O) groups is 1. The van der Waals surface area contributed by atoms with Crippen LogP contribution in [-0.4, -0.2) is 32.9 Å². The molecular formula is C17H19ClFN3O2. The molecule has 7 heteroatoms. The molecule has 0 atom stereocenters. The van der Waals surface area contributed by atoms with Gasteiger partial charge in [-0.05, 0) is 45.0 Å². The summed E-state index contributed by atoms with van der Waals surface area (Å²) in [5.74, 6) is -0.415. The molecule has 0 aliphatic carbocycles. The summed E-state index contributed by atoms with van der Waals surface area (Å²) < 4.78 is 21.3. The zero-order valence-electron chi connectivity index (χ0n) is 13.8. The summed E-state index contributed by atoms with van der Waals surface area (Å²) in [4.78, 5) is 13.8. The van der Waals surface area contributed by atoms with Crippen LogP contribution in [0.15, 0.2) is 24.3 Å². The molecule has 0 saturated carbocycles. The van der Waals surface area contributed by atoms with Gasteiger partial charge >= 0.3 is 6.09 Å². The van der Waals surface area contributed by atoms with E-state index >= 15 is 0 Å².